The van der Waals surface area contributed by atoms with Crippen molar-refractivity contribution in [3.05, 3.63) is 102 Å². The van der Waals surface area contributed by atoms with E-state index in [9.17, 15) is 14.4 Å². The first-order valence-electron chi connectivity index (χ1n) is 11.7. The number of carbonyl (C=O) groups is 3. The summed E-state index contributed by atoms with van der Waals surface area (Å²) in [5.74, 6) is -0.932. The van der Waals surface area contributed by atoms with Gasteiger partial charge >= 0.3 is 12.2 Å². The molecule has 184 valence electrons. The molecule has 1 aromatic heterocycles. The topological polar surface area (TPSA) is 89.0 Å². The summed E-state index contributed by atoms with van der Waals surface area (Å²) in [6.07, 6.45) is 1.11. The molecule has 8 nitrogen and oxygen atoms in total. The van der Waals surface area contributed by atoms with Crippen LogP contribution >= 0.6 is 11.3 Å². The van der Waals surface area contributed by atoms with Gasteiger partial charge in [-0.25, -0.2) is 19.5 Å². The molecule has 3 atom stereocenters. The van der Waals surface area contributed by atoms with Crippen molar-refractivity contribution in [1.29, 1.82) is 0 Å². The molecule has 3 amide bonds. The van der Waals surface area contributed by atoms with Crippen LogP contribution in [0.15, 0.2) is 91.0 Å². The molecular weight excluding hydrogens is 490 g/mol. The van der Waals surface area contributed by atoms with Gasteiger partial charge in [0, 0.05) is 0 Å². The maximum Gasteiger partial charge on any atom is 0.423 e. The number of rotatable bonds is 5. The van der Waals surface area contributed by atoms with E-state index in [1.807, 2.05) is 54.6 Å². The van der Waals surface area contributed by atoms with Crippen LogP contribution in [0.2, 0.25) is 0 Å². The van der Waals surface area contributed by atoms with Gasteiger partial charge in [-0.15, -0.1) is 11.3 Å². The van der Waals surface area contributed by atoms with Crippen molar-refractivity contribution in [2.24, 2.45) is 5.92 Å². The first-order valence-corrected chi connectivity index (χ1v) is 12.6. The first-order chi connectivity index (χ1) is 18.1. The number of benzene rings is 3. The summed E-state index contributed by atoms with van der Waals surface area (Å²) < 4.78 is 11.9. The van der Waals surface area contributed by atoms with E-state index in [0.29, 0.717) is 5.75 Å². The Balaban J connectivity index is 1.33. The minimum absolute atomic E-state index is 0.114. The van der Waals surface area contributed by atoms with Crippen LogP contribution in [0.5, 0.6) is 5.75 Å². The number of hydrogen-bond acceptors (Lipinski definition) is 7. The quantitative estimate of drug-likeness (QED) is 0.330. The van der Waals surface area contributed by atoms with Crippen LogP contribution in [0.3, 0.4) is 0 Å². The highest BCUT2D eigenvalue weighted by atomic mass is 32.1. The second kappa shape index (κ2) is 9.51. The van der Waals surface area contributed by atoms with Gasteiger partial charge in [0.05, 0.1) is 22.2 Å². The summed E-state index contributed by atoms with van der Waals surface area (Å²) in [5, 5.41) is 0.724. The Kier molecular flexibility index (Phi) is 5.90. The monoisotopic (exact) mass is 511 g/mol. The summed E-state index contributed by atoms with van der Waals surface area (Å²) in [7, 11) is 0. The molecule has 0 N–H and O–H groups in total. The van der Waals surface area contributed by atoms with Crippen LogP contribution in [0.1, 0.15) is 16.6 Å². The Morgan fingerprint density at radius 2 is 1.68 bits per heavy atom. The molecule has 3 heterocycles. The van der Waals surface area contributed by atoms with Crippen LogP contribution in [-0.2, 0) is 9.53 Å². The molecule has 0 aliphatic carbocycles. The predicted octanol–water partition coefficient (Wildman–Crippen LogP) is 5.49. The molecule has 9 heteroatoms. The van der Waals surface area contributed by atoms with E-state index in [2.05, 4.69) is 4.98 Å². The minimum Gasteiger partial charge on any atom is -0.447 e. The molecule has 3 aromatic carbocycles. The number of imide groups is 1. The number of hydrogen-bond donors (Lipinski definition) is 0. The Labute approximate surface area is 216 Å². The van der Waals surface area contributed by atoms with E-state index in [4.69, 9.17) is 9.47 Å². The summed E-state index contributed by atoms with van der Waals surface area (Å²) in [4.78, 5) is 46.4. The van der Waals surface area contributed by atoms with Gasteiger partial charge in [-0.3, -0.25) is 9.69 Å². The molecule has 1 unspecified atom stereocenters. The Bertz CT molecular complexity index is 1470. The van der Waals surface area contributed by atoms with Crippen molar-refractivity contribution in [1.82, 2.24) is 14.8 Å². The molecule has 0 radical (unpaired) electrons. The number of β-lactam (4-membered cyclic amide) rings is 1. The van der Waals surface area contributed by atoms with Crippen molar-refractivity contribution in [2.45, 2.75) is 12.2 Å². The summed E-state index contributed by atoms with van der Waals surface area (Å²) >= 11 is 1.50. The van der Waals surface area contributed by atoms with Gasteiger partial charge in [0.2, 0.25) is 5.91 Å². The maximum absolute atomic E-state index is 13.3. The van der Waals surface area contributed by atoms with Crippen LogP contribution in [0.25, 0.3) is 16.3 Å². The molecule has 2 fully saturated rings. The van der Waals surface area contributed by atoms with Crippen molar-refractivity contribution >= 4 is 45.7 Å². The van der Waals surface area contributed by atoms with Gasteiger partial charge < -0.3 is 9.47 Å². The van der Waals surface area contributed by atoms with Gasteiger partial charge in [0.25, 0.3) is 0 Å². The lowest BCUT2D eigenvalue weighted by molar-refractivity contribution is -0.157. The fourth-order valence-corrected chi connectivity index (χ4v) is 5.50. The number of ether oxygens (including phenoxy) is 2. The standard InChI is InChI=1S/C28H21N3O5S/c32-26-20(15-16-24-29-21-13-7-8-14-23(21)37-24)25(31(26)28(34)36-19-11-5-2-6-12-19)30-22(17-35-27(30)33)18-9-3-1-4-10-18/h1-16,20,22,25H,17H2/t20-,22?,25-/m1/s1. The SMILES string of the molecule is O=C(Oc1ccccc1)N1C(=O)[C@H](C=Cc2nc3ccccc3s2)[C@@H]1N1C(=O)OCC1c1ccccc1. The number of fused-ring (bicyclic) bond motifs is 1. The van der Waals surface area contributed by atoms with E-state index in [-0.39, 0.29) is 6.61 Å². The average Bonchev–Trinajstić information content (AvgIpc) is 3.51. The van der Waals surface area contributed by atoms with E-state index in [0.717, 1.165) is 25.7 Å². The van der Waals surface area contributed by atoms with Crippen molar-refractivity contribution in [3.63, 3.8) is 0 Å². The van der Waals surface area contributed by atoms with E-state index in [1.54, 1.807) is 42.5 Å². The number of aromatic nitrogens is 1. The normalized spacial score (nSPS) is 21.4. The summed E-state index contributed by atoms with van der Waals surface area (Å²) in [5.41, 5.74) is 1.71. The number of carbonyl (C=O) groups excluding carboxylic acids is 3. The third-order valence-electron chi connectivity index (χ3n) is 6.39. The van der Waals surface area contributed by atoms with E-state index >= 15 is 0 Å². The van der Waals surface area contributed by atoms with E-state index < -0.39 is 36.2 Å². The Morgan fingerprint density at radius 3 is 2.43 bits per heavy atom. The minimum atomic E-state index is -0.908. The maximum atomic E-state index is 13.3. The van der Waals surface area contributed by atoms with Gasteiger partial charge in [-0.05, 0) is 35.9 Å². The van der Waals surface area contributed by atoms with Gasteiger partial charge in [-0.2, -0.15) is 0 Å². The second-order valence-electron chi connectivity index (χ2n) is 8.62. The number of para-hydroxylation sites is 2. The molecule has 37 heavy (non-hydrogen) atoms. The molecule has 2 aliphatic heterocycles. The second-order valence-corrected chi connectivity index (χ2v) is 9.68. The van der Waals surface area contributed by atoms with Crippen LogP contribution in [0.4, 0.5) is 9.59 Å². The van der Waals surface area contributed by atoms with Gasteiger partial charge in [0.1, 0.15) is 23.5 Å². The number of thiazole rings is 1. The predicted molar refractivity (Wildman–Crippen MR) is 138 cm³/mol. The molecule has 6 rings (SSSR count). The van der Waals surface area contributed by atoms with Gasteiger partial charge in [0.15, 0.2) is 0 Å². The molecular formula is C28H21N3O5S. The molecule has 2 saturated heterocycles. The molecule has 4 aromatic rings. The lowest BCUT2D eigenvalue weighted by Crippen LogP contribution is -2.69. The lowest BCUT2D eigenvalue weighted by Gasteiger charge is -2.48. The summed E-state index contributed by atoms with van der Waals surface area (Å²) in [6, 6.07) is 25.2. The number of likely N-dealkylation sites (tertiary alicyclic amines) is 1. The Morgan fingerprint density at radius 1 is 0.973 bits per heavy atom. The molecule has 0 saturated carbocycles. The first kappa shape index (κ1) is 22.9. The lowest BCUT2D eigenvalue weighted by atomic mass is 9.90. The van der Waals surface area contributed by atoms with Crippen molar-refractivity contribution in [2.75, 3.05) is 6.61 Å². The van der Waals surface area contributed by atoms with Crippen molar-refractivity contribution < 1.29 is 23.9 Å². The zero-order valence-corrected chi connectivity index (χ0v) is 20.3. The number of cyclic esters (lactones) is 1. The summed E-state index contributed by atoms with van der Waals surface area (Å²) in [6.45, 7) is 0.114. The van der Waals surface area contributed by atoms with Crippen molar-refractivity contribution in [3.8, 4) is 5.75 Å². The Hall–Kier alpha value is -4.50. The zero-order valence-electron chi connectivity index (χ0n) is 19.5. The highest BCUT2D eigenvalue weighted by molar-refractivity contribution is 7.19. The third kappa shape index (κ3) is 4.23. The number of nitrogens with zero attached hydrogens (tertiary/aromatic N) is 3. The molecule has 0 bridgehead atoms. The average molecular weight is 512 g/mol. The fraction of sp³-hybridized carbons (Fsp3) is 0.143. The third-order valence-corrected chi connectivity index (χ3v) is 7.39. The fourth-order valence-electron chi connectivity index (χ4n) is 4.62. The van der Waals surface area contributed by atoms with Crippen LogP contribution < -0.4 is 4.74 Å². The van der Waals surface area contributed by atoms with Gasteiger partial charge in [-0.1, -0.05) is 66.7 Å². The van der Waals surface area contributed by atoms with E-state index in [1.165, 1.54) is 16.2 Å². The molecule has 2 aliphatic rings. The highest BCUT2D eigenvalue weighted by Gasteiger charge is 2.58. The highest BCUT2D eigenvalue weighted by Crippen LogP contribution is 2.40. The van der Waals surface area contributed by atoms with Crippen LogP contribution in [-0.4, -0.2) is 45.7 Å². The number of amides is 3. The zero-order chi connectivity index (χ0) is 25.4. The van der Waals surface area contributed by atoms with Crippen LogP contribution in [0, 0.1) is 5.92 Å². The smallest absolute Gasteiger partial charge is 0.423 e. The largest absolute Gasteiger partial charge is 0.447 e. The molecule has 0 spiro atoms.